The van der Waals surface area contributed by atoms with Crippen LogP contribution in [0.5, 0.6) is 5.75 Å². The van der Waals surface area contributed by atoms with Crippen LogP contribution < -0.4 is 15.4 Å². The molecule has 1 atom stereocenters. The van der Waals surface area contributed by atoms with Crippen LogP contribution in [-0.2, 0) is 4.79 Å². The van der Waals surface area contributed by atoms with Gasteiger partial charge in [-0.2, -0.15) is 0 Å². The minimum atomic E-state index is -1.37. The molecule has 1 unspecified atom stereocenters. The number of urea groups is 1. The standard InChI is InChI=1S/C13H17FN2O4/c1-4-13(2,11(17)18)16-12(19)15-8-5-6-9(14)10(7-8)20-3/h5-7H,4H2,1-3H3,(H,17,18)(H2,15,16,19). The highest BCUT2D eigenvalue weighted by atomic mass is 19.1. The number of carboxylic acid groups (broad SMARTS) is 1. The van der Waals surface area contributed by atoms with Crippen LogP contribution in [-0.4, -0.2) is 29.8 Å². The monoisotopic (exact) mass is 284 g/mol. The van der Waals surface area contributed by atoms with Crippen LogP contribution in [0.4, 0.5) is 14.9 Å². The van der Waals surface area contributed by atoms with Gasteiger partial charge in [-0.05, 0) is 25.5 Å². The van der Waals surface area contributed by atoms with Crippen molar-refractivity contribution in [3.8, 4) is 5.75 Å². The molecule has 3 N–H and O–H groups in total. The van der Waals surface area contributed by atoms with E-state index in [0.29, 0.717) is 5.69 Å². The zero-order chi connectivity index (χ0) is 15.3. The summed E-state index contributed by atoms with van der Waals surface area (Å²) in [5.74, 6) is -1.70. The van der Waals surface area contributed by atoms with Crippen LogP contribution in [0.15, 0.2) is 18.2 Å². The van der Waals surface area contributed by atoms with Crippen LogP contribution in [0, 0.1) is 5.82 Å². The van der Waals surface area contributed by atoms with Crippen molar-refractivity contribution in [2.45, 2.75) is 25.8 Å². The molecule has 0 aromatic heterocycles. The molecule has 0 radical (unpaired) electrons. The maximum absolute atomic E-state index is 13.2. The predicted octanol–water partition coefficient (Wildman–Crippen LogP) is 2.21. The topological polar surface area (TPSA) is 87.7 Å². The Morgan fingerprint density at radius 2 is 2.10 bits per heavy atom. The number of rotatable bonds is 5. The second-order valence-electron chi connectivity index (χ2n) is 4.42. The number of hydrogen-bond acceptors (Lipinski definition) is 3. The number of hydrogen-bond donors (Lipinski definition) is 3. The molecule has 0 heterocycles. The molecule has 0 aliphatic heterocycles. The van der Waals surface area contributed by atoms with Crippen molar-refractivity contribution in [3.63, 3.8) is 0 Å². The van der Waals surface area contributed by atoms with E-state index in [-0.39, 0.29) is 12.2 Å². The van der Waals surface area contributed by atoms with E-state index in [9.17, 15) is 14.0 Å². The largest absolute Gasteiger partial charge is 0.494 e. The summed E-state index contributed by atoms with van der Waals surface area (Å²) in [4.78, 5) is 22.8. The highest BCUT2D eigenvalue weighted by Gasteiger charge is 2.32. The predicted molar refractivity (Wildman–Crippen MR) is 71.4 cm³/mol. The van der Waals surface area contributed by atoms with Gasteiger partial charge in [0.25, 0.3) is 0 Å². The van der Waals surface area contributed by atoms with Gasteiger partial charge in [-0.3, -0.25) is 0 Å². The Kier molecular flexibility index (Phi) is 4.90. The maximum atomic E-state index is 13.2. The van der Waals surface area contributed by atoms with E-state index in [0.717, 1.165) is 6.07 Å². The number of amides is 2. The maximum Gasteiger partial charge on any atom is 0.329 e. The van der Waals surface area contributed by atoms with E-state index in [4.69, 9.17) is 9.84 Å². The highest BCUT2D eigenvalue weighted by Crippen LogP contribution is 2.21. The lowest BCUT2D eigenvalue weighted by molar-refractivity contribution is -0.143. The Morgan fingerprint density at radius 1 is 1.45 bits per heavy atom. The van der Waals surface area contributed by atoms with Crippen molar-refractivity contribution in [1.29, 1.82) is 0 Å². The van der Waals surface area contributed by atoms with Crippen molar-refractivity contribution < 1.29 is 23.8 Å². The number of carbonyl (C=O) groups excluding carboxylic acids is 1. The van der Waals surface area contributed by atoms with Crippen molar-refractivity contribution >= 4 is 17.7 Å². The number of ether oxygens (including phenoxy) is 1. The molecule has 0 saturated carbocycles. The Bertz CT molecular complexity index is 521. The quantitative estimate of drug-likeness (QED) is 0.773. The van der Waals surface area contributed by atoms with Gasteiger partial charge in [0.05, 0.1) is 7.11 Å². The fourth-order valence-corrected chi connectivity index (χ4v) is 1.44. The summed E-state index contributed by atoms with van der Waals surface area (Å²) in [5, 5.41) is 13.8. The summed E-state index contributed by atoms with van der Waals surface area (Å²) >= 11 is 0. The molecule has 110 valence electrons. The number of carboxylic acids is 1. The summed E-state index contributed by atoms with van der Waals surface area (Å²) in [7, 11) is 1.31. The second kappa shape index (κ2) is 6.23. The second-order valence-corrected chi connectivity index (χ2v) is 4.42. The highest BCUT2D eigenvalue weighted by molar-refractivity contribution is 5.93. The Morgan fingerprint density at radius 3 is 2.60 bits per heavy atom. The smallest absolute Gasteiger partial charge is 0.329 e. The van der Waals surface area contributed by atoms with Crippen LogP contribution in [0.2, 0.25) is 0 Å². The number of halogens is 1. The van der Waals surface area contributed by atoms with Gasteiger partial charge in [-0.1, -0.05) is 6.92 Å². The molecular formula is C13H17FN2O4. The number of carbonyl (C=O) groups is 2. The van der Waals surface area contributed by atoms with Gasteiger partial charge in [-0.15, -0.1) is 0 Å². The average Bonchev–Trinajstić information content (AvgIpc) is 2.40. The van der Waals surface area contributed by atoms with E-state index < -0.39 is 23.4 Å². The van der Waals surface area contributed by atoms with Gasteiger partial charge >= 0.3 is 12.0 Å². The third-order valence-electron chi connectivity index (χ3n) is 2.98. The van der Waals surface area contributed by atoms with E-state index in [2.05, 4.69) is 10.6 Å². The Hall–Kier alpha value is -2.31. The first-order valence-electron chi connectivity index (χ1n) is 5.98. The first kappa shape index (κ1) is 15.7. The molecule has 1 aromatic carbocycles. The Labute approximate surface area is 115 Å². The van der Waals surface area contributed by atoms with E-state index in [1.165, 1.54) is 26.2 Å². The molecule has 0 aliphatic carbocycles. The van der Waals surface area contributed by atoms with Gasteiger partial charge in [0, 0.05) is 11.8 Å². The van der Waals surface area contributed by atoms with Crippen LogP contribution in [0.3, 0.4) is 0 Å². The molecule has 0 aliphatic rings. The lowest BCUT2D eigenvalue weighted by Gasteiger charge is -2.24. The number of nitrogens with one attached hydrogen (secondary N) is 2. The minimum Gasteiger partial charge on any atom is -0.494 e. The fourth-order valence-electron chi connectivity index (χ4n) is 1.44. The van der Waals surface area contributed by atoms with Gasteiger partial charge < -0.3 is 20.5 Å². The minimum absolute atomic E-state index is 0.0145. The molecule has 2 amide bonds. The van der Waals surface area contributed by atoms with Gasteiger partial charge in [0.1, 0.15) is 5.54 Å². The number of benzene rings is 1. The van der Waals surface area contributed by atoms with E-state index >= 15 is 0 Å². The molecule has 0 spiro atoms. The zero-order valence-corrected chi connectivity index (χ0v) is 11.5. The molecule has 20 heavy (non-hydrogen) atoms. The first-order chi connectivity index (χ1) is 9.32. The molecule has 1 aromatic rings. The first-order valence-corrected chi connectivity index (χ1v) is 5.98. The fraction of sp³-hybridized carbons (Fsp3) is 0.385. The zero-order valence-electron chi connectivity index (χ0n) is 11.5. The van der Waals surface area contributed by atoms with Crippen molar-refractivity contribution in [2.75, 3.05) is 12.4 Å². The van der Waals surface area contributed by atoms with Crippen LogP contribution in [0.1, 0.15) is 20.3 Å². The van der Waals surface area contributed by atoms with Crippen LogP contribution >= 0.6 is 0 Å². The molecule has 0 saturated heterocycles. The third kappa shape index (κ3) is 3.59. The number of aliphatic carboxylic acids is 1. The van der Waals surface area contributed by atoms with E-state index in [1.54, 1.807) is 6.92 Å². The lowest BCUT2D eigenvalue weighted by atomic mass is 10.00. The summed E-state index contributed by atoms with van der Waals surface area (Å²) in [5.41, 5.74) is -1.07. The van der Waals surface area contributed by atoms with Gasteiger partial charge in [0.15, 0.2) is 11.6 Å². The molecule has 0 fully saturated rings. The summed E-state index contributed by atoms with van der Waals surface area (Å²) in [6.45, 7) is 3.05. The Balaban J connectivity index is 2.79. The molecule has 6 nitrogen and oxygen atoms in total. The summed E-state index contributed by atoms with van der Waals surface area (Å²) in [6.07, 6.45) is 0.225. The molecule has 7 heteroatoms. The summed E-state index contributed by atoms with van der Waals surface area (Å²) in [6, 6.07) is 3.11. The van der Waals surface area contributed by atoms with Gasteiger partial charge in [0.2, 0.25) is 0 Å². The SMILES string of the molecule is CCC(C)(NC(=O)Nc1ccc(F)c(OC)c1)C(=O)O. The average molecular weight is 284 g/mol. The third-order valence-corrected chi connectivity index (χ3v) is 2.98. The summed E-state index contributed by atoms with van der Waals surface area (Å²) < 4.78 is 18.0. The number of anilines is 1. The number of methoxy groups -OCH3 is 1. The lowest BCUT2D eigenvalue weighted by Crippen LogP contribution is -2.53. The van der Waals surface area contributed by atoms with Crippen molar-refractivity contribution in [3.05, 3.63) is 24.0 Å². The molecule has 1 rings (SSSR count). The van der Waals surface area contributed by atoms with Crippen molar-refractivity contribution in [2.24, 2.45) is 0 Å². The van der Waals surface area contributed by atoms with Crippen LogP contribution in [0.25, 0.3) is 0 Å². The molecule has 0 bridgehead atoms. The normalized spacial score (nSPS) is 13.2. The molecular weight excluding hydrogens is 267 g/mol. The van der Waals surface area contributed by atoms with E-state index in [1.807, 2.05) is 0 Å². The van der Waals surface area contributed by atoms with Gasteiger partial charge in [-0.25, -0.2) is 14.0 Å². The van der Waals surface area contributed by atoms with Crippen molar-refractivity contribution in [1.82, 2.24) is 5.32 Å².